The van der Waals surface area contributed by atoms with Crippen LogP contribution in [0.4, 0.5) is 11.4 Å². The molecule has 4 aromatic carbocycles. The van der Waals surface area contributed by atoms with Gasteiger partial charge in [-0.3, -0.25) is 4.79 Å². The van der Waals surface area contributed by atoms with Crippen LogP contribution in [0.1, 0.15) is 10.4 Å². The first kappa shape index (κ1) is 20.7. The molecule has 156 valence electrons. The average molecular weight is 422 g/mol. The molecule has 0 unspecified atom stereocenters. The highest BCUT2D eigenvalue weighted by Crippen LogP contribution is 2.36. The van der Waals surface area contributed by atoms with Gasteiger partial charge in [0.05, 0.1) is 16.9 Å². The molecule has 0 amide bonds. The first-order valence-corrected chi connectivity index (χ1v) is 9.79. The van der Waals surface area contributed by atoms with Gasteiger partial charge in [0.25, 0.3) is 6.47 Å². The highest BCUT2D eigenvalue weighted by molar-refractivity contribution is 5.88. The molecule has 0 heterocycles. The lowest BCUT2D eigenvalue weighted by molar-refractivity contribution is -0.120. The number of hydrogen-bond acceptors (Lipinski definition) is 5. The van der Waals surface area contributed by atoms with Crippen LogP contribution in [0.3, 0.4) is 0 Å². The fraction of sp³-hybridized carbons (Fsp3) is 0. The van der Waals surface area contributed by atoms with Gasteiger partial charge in [0.2, 0.25) is 0 Å². The van der Waals surface area contributed by atoms with Crippen LogP contribution in [0.15, 0.2) is 107 Å². The van der Waals surface area contributed by atoms with Gasteiger partial charge < -0.3 is 9.84 Å². The Morgan fingerprint density at radius 3 is 2.06 bits per heavy atom. The Bertz CT molecular complexity index is 1270. The Balaban J connectivity index is 1.75. The molecule has 0 fully saturated rings. The van der Waals surface area contributed by atoms with Crippen LogP contribution in [-0.2, 0) is 4.79 Å². The second-order valence-corrected chi connectivity index (χ2v) is 6.89. The van der Waals surface area contributed by atoms with Gasteiger partial charge in [0.1, 0.15) is 5.75 Å². The van der Waals surface area contributed by atoms with Crippen LogP contribution in [0.25, 0.3) is 22.3 Å². The van der Waals surface area contributed by atoms with Crippen LogP contribution in [0, 0.1) is 0 Å². The molecule has 0 bridgehead atoms. The zero-order chi connectivity index (χ0) is 22.3. The number of ether oxygens (including phenoxy) is 1. The summed E-state index contributed by atoms with van der Waals surface area (Å²) in [7, 11) is 0. The van der Waals surface area contributed by atoms with Gasteiger partial charge in [-0.25, -0.2) is 4.79 Å². The van der Waals surface area contributed by atoms with Gasteiger partial charge in [-0.15, -0.1) is 5.11 Å². The number of carboxylic acid groups (broad SMARTS) is 1. The summed E-state index contributed by atoms with van der Waals surface area (Å²) in [5, 5.41) is 18.0. The molecular weight excluding hydrogens is 404 g/mol. The molecule has 4 aromatic rings. The van der Waals surface area contributed by atoms with Crippen molar-refractivity contribution in [3.05, 3.63) is 103 Å². The van der Waals surface area contributed by atoms with E-state index in [2.05, 4.69) is 10.2 Å². The predicted octanol–water partition coefficient (Wildman–Crippen LogP) is 6.67. The fourth-order valence-corrected chi connectivity index (χ4v) is 3.22. The molecule has 6 nitrogen and oxygen atoms in total. The van der Waals surface area contributed by atoms with Crippen molar-refractivity contribution in [3.8, 4) is 28.0 Å². The summed E-state index contributed by atoms with van der Waals surface area (Å²) in [6.45, 7) is 0.388. The summed E-state index contributed by atoms with van der Waals surface area (Å²) in [5.74, 6) is -0.516. The minimum atomic E-state index is -0.966. The summed E-state index contributed by atoms with van der Waals surface area (Å²) in [5.41, 5.74) is 5.10. The number of aromatic carboxylic acids is 1. The van der Waals surface area contributed by atoms with E-state index in [1.807, 2.05) is 60.7 Å². The Hall–Kier alpha value is -4.58. The van der Waals surface area contributed by atoms with Gasteiger partial charge in [-0.2, -0.15) is 5.11 Å². The monoisotopic (exact) mass is 422 g/mol. The first-order valence-electron chi connectivity index (χ1n) is 9.79. The molecule has 0 aliphatic heterocycles. The van der Waals surface area contributed by atoms with Crippen molar-refractivity contribution < 1.29 is 19.4 Å². The van der Waals surface area contributed by atoms with Crippen LogP contribution in [-0.4, -0.2) is 17.5 Å². The van der Waals surface area contributed by atoms with Crippen molar-refractivity contribution in [3.63, 3.8) is 0 Å². The zero-order valence-electron chi connectivity index (χ0n) is 16.9. The fourth-order valence-electron chi connectivity index (χ4n) is 3.22. The number of benzene rings is 4. The van der Waals surface area contributed by atoms with Crippen molar-refractivity contribution in [1.29, 1.82) is 0 Å². The number of carboxylic acids is 1. The SMILES string of the molecule is O=COc1ccc(-c2ccc(-c3ccc(C(=O)O)cc3)cc2/N=N/c2ccccc2)cc1. The molecule has 1 N–H and O–H groups in total. The van der Waals surface area contributed by atoms with E-state index in [0.29, 0.717) is 17.9 Å². The Morgan fingerprint density at radius 1 is 0.750 bits per heavy atom. The van der Waals surface area contributed by atoms with Crippen molar-refractivity contribution in [2.45, 2.75) is 0 Å². The Labute approximate surface area is 184 Å². The highest BCUT2D eigenvalue weighted by Gasteiger charge is 2.10. The molecule has 32 heavy (non-hydrogen) atoms. The lowest BCUT2D eigenvalue weighted by Gasteiger charge is -2.10. The number of azo groups is 1. The van der Waals surface area contributed by atoms with Crippen molar-refractivity contribution in [2.24, 2.45) is 10.2 Å². The minimum Gasteiger partial charge on any atom is -0.478 e. The minimum absolute atomic E-state index is 0.229. The molecule has 0 saturated heterocycles. The van der Waals surface area contributed by atoms with Crippen LogP contribution in [0.5, 0.6) is 5.75 Å². The van der Waals surface area contributed by atoms with E-state index < -0.39 is 5.97 Å². The molecule has 0 aliphatic rings. The maximum atomic E-state index is 11.1. The maximum absolute atomic E-state index is 11.1. The lowest BCUT2D eigenvalue weighted by atomic mass is 9.98. The largest absolute Gasteiger partial charge is 0.478 e. The first-order chi connectivity index (χ1) is 15.6. The predicted molar refractivity (Wildman–Crippen MR) is 122 cm³/mol. The van der Waals surface area contributed by atoms with Gasteiger partial charge >= 0.3 is 5.97 Å². The van der Waals surface area contributed by atoms with Gasteiger partial charge in [0.15, 0.2) is 0 Å². The molecule has 0 aliphatic carbocycles. The third-order valence-electron chi connectivity index (χ3n) is 4.84. The molecule has 6 heteroatoms. The highest BCUT2D eigenvalue weighted by atomic mass is 16.5. The van der Waals surface area contributed by atoms with E-state index >= 15 is 0 Å². The molecule has 0 spiro atoms. The van der Waals surface area contributed by atoms with E-state index in [-0.39, 0.29) is 5.56 Å². The normalized spacial score (nSPS) is 10.8. The zero-order valence-corrected chi connectivity index (χ0v) is 16.9. The number of carbonyl (C=O) groups is 2. The molecule has 0 radical (unpaired) electrons. The molecule has 0 aromatic heterocycles. The summed E-state index contributed by atoms with van der Waals surface area (Å²) in [6.07, 6.45) is 0. The second kappa shape index (κ2) is 9.49. The number of carbonyl (C=O) groups excluding carboxylic acids is 1. The molecular formula is C26H18N2O4. The van der Waals surface area contributed by atoms with Crippen molar-refractivity contribution in [1.82, 2.24) is 0 Å². The number of nitrogens with zero attached hydrogens (tertiary/aromatic N) is 2. The van der Waals surface area contributed by atoms with Crippen LogP contribution in [0.2, 0.25) is 0 Å². The smallest absolute Gasteiger partial charge is 0.335 e. The van der Waals surface area contributed by atoms with E-state index in [9.17, 15) is 9.59 Å². The third-order valence-corrected chi connectivity index (χ3v) is 4.84. The Morgan fingerprint density at radius 2 is 1.41 bits per heavy atom. The van der Waals surface area contributed by atoms with Crippen LogP contribution < -0.4 is 4.74 Å². The number of hydrogen-bond donors (Lipinski definition) is 1. The van der Waals surface area contributed by atoms with E-state index in [4.69, 9.17) is 9.84 Å². The molecule has 0 saturated carbocycles. The third kappa shape index (κ3) is 4.76. The summed E-state index contributed by atoms with van der Waals surface area (Å²) in [6, 6.07) is 29.0. The van der Waals surface area contributed by atoms with Gasteiger partial charge in [0, 0.05) is 5.56 Å². The molecule has 4 rings (SSSR count). The van der Waals surface area contributed by atoms with E-state index in [0.717, 1.165) is 27.9 Å². The number of rotatable bonds is 7. The van der Waals surface area contributed by atoms with Crippen LogP contribution >= 0.6 is 0 Å². The maximum Gasteiger partial charge on any atom is 0.335 e. The summed E-state index contributed by atoms with van der Waals surface area (Å²) < 4.78 is 4.87. The topological polar surface area (TPSA) is 88.3 Å². The van der Waals surface area contributed by atoms with Crippen molar-refractivity contribution in [2.75, 3.05) is 0 Å². The summed E-state index contributed by atoms with van der Waals surface area (Å²) in [4.78, 5) is 21.7. The molecule has 0 atom stereocenters. The van der Waals surface area contributed by atoms with Crippen molar-refractivity contribution >= 4 is 23.8 Å². The quantitative estimate of drug-likeness (QED) is 0.266. The standard InChI is InChI=1S/C26H18N2O4/c29-17-32-23-13-10-19(11-14-23)24-15-12-21(18-6-8-20(9-7-18)26(30)31)16-25(24)28-27-22-4-2-1-3-5-22/h1-17H,(H,30,31)/b28-27+. The summed E-state index contributed by atoms with van der Waals surface area (Å²) >= 11 is 0. The average Bonchev–Trinajstić information content (AvgIpc) is 2.84. The van der Waals surface area contributed by atoms with E-state index in [1.54, 1.807) is 36.4 Å². The van der Waals surface area contributed by atoms with E-state index in [1.165, 1.54) is 0 Å². The Kier molecular flexibility index (Phi) is 6.13. The van der Waals surface area contributed by atoms with Gasteiger partial charge in [-0.1, -0.05) is 54.6 Å². The lowest BCUT2D eigenvalue weighted by Crippen LogP contribution is -1.94. The second-order valence-electron chi connectivity index (χ2n) is 6.89. The van der Waals surface area contributed by atoms with Gasteiger partial charge in [-0.05, 0) is 59.2 Å².